The Kier molecular flexibility index (Phi) is 4.73. The lowest BCUT2D eigenvalue weighted by Gasteiger charge is -2.30. The number of nitrogens with zero attached hydrogens (tertiary/aromatic N) is 1. The number of nitrogens with one attached hydrogen (secondary N) is 1. The molecule has 0 spiro atoms. The van der Waals surface area contributed by atoms with Gasteiger partial charge in [-0.15, -0.1) is 0 Å². The van der Waals surface area contributed by atoms with Crippen LogP contribution in [-0.4, -0.2) is 48.6 Å². The average Bonchev–Trinajstić information content (AvgIpc) is 3.20. The van der Waals surface area contributed by atoms with Gasteiger partial charge in [0.05, 0.1) is 12.6 Å². The van der Waals surface area contributed by atoms with Crippen LogP contribution in [0.5, 0.6) is 0 Å². The van der Waals surface area contributed by atoms with E-state index >= 15 is 0 Å². The summed E-state index contributed by atoms with van der Waals surface area (Å²) in [6, 6.07) is 9.94. The summed E-state index contributed by atoms with van der Waals surface area (Å²) in [6.45, 7) is 1.97. The molecule has 5 nitrogen and oxygen atoms in total. The molecule has 0 radical (unpaired) electrons. The SMILES string of the molecule is O=C1CC[C@H](C(=O)N(CCc2ccccc2)C2CCOC2)N1. The highest BCUT2D eigenvalue weighted by molar-refractivity contribution is 5.91. The van der Waals surface area contributed by atoms with E-state index in [1.807, 2.05) is 23.1 Å². The largest absolute Gasteiger partial charge is 0.379 e. The molecule has 2 atom stereocenters. The minimum Gasteiger partial charge on any atom is -0.379 e. The first-order valence-corrected chi connectivity index (χ1v) is 7.95. The lowest BCUT2D eigenvalue weighted by molar-refractivity contribution is -0.136. The van der Waals surface area contributed by atoms with Crippen molar-refractivity contribution < 1.29 is 14.3 Å². The number of benzene rings is 1. The molecule has 2 aliphatic rings. The van der Waals surface area contributed by atoms with Gasteiger partial charge in [0, 0.05) is 19.6 Å². The smallest absolute Gasteiger partial charge is 0.245 e. The van der Waals surface area contributed by atoms with Crippen LogP contribution < -0.4 is 5.32 Å². The Hall–Kier alpha value is -1.88. The molecule has 22 heavy (non-hydrogen) atoms. The molecule has 1 aromatic carbocycles. The Morgan fingerprint density at radius 1 is 1.27 bits per heavy atom. The van der Waals surface area contributed by atoms with Gasteiger partial charge in [0.15, 0.2) is 0 Å². The van der Waals surface area contributed by atoms with Gasteiger partial charge in [-0.3, -0.25) is 9.59 Å². The molecule has 0 bridgehead atoms. The third-order valence-electron chi connectivity index (χ3n) is 4.41. The van der Waals surface area contributed by atoms with Crippen LogP contribution in [0.2, 0.25) is 0 Å². The lowest BCUT2D eigenvalue weighted by Crippen LogP contribution is -2.50. The number of hydrogen-bond donors (Lipinski definition) is 1. The van der Waals surface area contributed by atoms with Gasteiger partial charge in [-0.1, -0.05) is 30.3 Å². The van der Waals surface area contributed by atoms with E-state index in [9.17, 15) is 9.59 Å². The van der Waals surface area contributed by atoms with Gasteiger partial charge in [-0.05, 0) is 24.8 Å². The predicted octanol–water partition coefficient (Wildman–Crippen LogP) is 1.13. The third-order valence-corrected chi connectivity index (χ3v) is 4.41. The van der Waals surface area contributed by atoms with Crippen molar-refractivity contribution in [1.82, 2.24) is 10.2 Å². The van der Waals surface area contributed by atoms with Gasteiger partial charge in [0.25, 0.3) is 0 Å². The second-order valence-corrected chi connectivity index (χ2v) is 5.94. The van der Waals surface area contributed by atoms with Crippen LogP contribution in [0.1, 0.15) is 24.8 Å². The number of carbonyl (C=O) groups excluding carboxylic acids is 2. The first-order valence-electron chi connectivity index (χ1n) is 7.95. The monoisotopic (exact) mass is 302 g/mol. The van der Waals surface area contributed by atoms with E-state index < -0.39 is 0 Å². The van der Waals surface area contributed by atoms with Crippen LogP contribution in [0.3, 0.4) is 0 Å². The topological polar surface area (TPSA) is 58.6 Å². The maximum atomic E-state index is 12.8. The predicted molar refractivity (Wildman–Crippen MR) is 82.2 cm³/mol. The van der Waals surface area contributed by atoms with Crippen molar-refractivity contribution in [1.29, 1.82) is 0 Å². The molecule has 2 fully saturated rings. The summed E-state index contributed by atoms with van der Waals surface area (Å²) in [4.78, 5) is 26.0. The van der Waals surface area contributed by atoms with Gasteiger partial charge in [-0.25, -0.2) is 0 Å². The number of rotatable bonds is 5. The molecule has 1 aromatic rings. The summed E-state index contributed by atoms with van der Waals surface area (Å²) < 4.78 is 5.44. The Morgan fingerprint density at radius 3 is 2.73 bits per heavy atom. The molecule has 0 aliphatic carbocycles. The van der Waals surface area contributed by atoms with Crippen molar-refractivity contribution in [3.05, 3.63) is 35.9 Å². The molecule has 3 rings (SSSR count). The van der Waals surface area contributed by atoms with Crippen molar-refractivity contribution in [2.45, 2.75) is 37.8 Å². The molecule has 118 valence electrons. The number of hydrogen-bond acceptors (Lipinski definition) is 3. The molecule has 2 amide bonds. The first-order chi connectivity index (χ1) is 10.7. The van der Waals surface area contributed by atoms with E-state index in [0.29, 0.717) is 32.6 Å². The van der Waals surface area contributed by atoms with Crippen molar-refractivity contribution in [2.75, 3.05) is 19.8 Å². The van der Waals surface area contributed by atoms with Crippen LogP contribution in [-0.2, 0) is 20.7 Å². The zero-order valence-corrected chi connectivity index (χ0v) is 12.7. The maximum absolute atomic E-state index is 12.8. The summed E-state index contributed by atoms with van der Waals surface area (Å²) in [5.41, 5.74) is 1.22. The summed E-state index contributed by atoms with van der Waals surface area (Å²) >= 11 is 0. The highest BCUT2D eigenvalue weighted by atomic mass is 16.5. The fourth-order valence-electron chi connectivity index (χ4n) is 3.13. The molecular weight excluding hydrogens is 280 g/mol. The molecule has 2 heterocycles. The van der Waals surface area contributed by atoms with Crippen molar-refractivity contribution in [3.8, 4) is 0 Å². The quantitative estimate of drug-likeness (QED) is 0.887. The minimum absolute atomic E-state index is 0.0240. The van der Waals surface area contributed by atoms with Crippen LogP contribution >= 0.6 is 0 Å². The Bertz CT molecular complexity index is 526. The fourth-order valence-corrected chi connectivity index (χ4v) is 3.13. The van der Waals surface area contributed by atoms with E-state index in [1.54, 1.807) is 0 Å². The molecule has 5 heteroatoms. The van der Waals surface area contributed by atoms with E-state index in [-0.39, 0.29) is 23.9 Å². The molecule has 2 aliphatic heterocycles. The summed E-state index contributed by atoms with van der Waals surface area (Å²) in [5.74, 6) is 0.0151. The molecule has 1 N–H and O–H groups in total. The van der Waals surface area contributed by atoms with E-state index in [4.69, 9.17) is 4.74 Å². The standard InChI is InChI=1S/C17H22N2O3/c20-16-7-6-15(18-16)17(21)19(14-9-11-22-12-14)10-8-13-4-2-1-3-5-13/h1-5,14-15H,6-12H2,(H,18,20)/t14?,15-/m1/s1. The normalized spacial score (nSPS) is 24.3. The zero-order valence-electron chi connectivity index (χ0n) is 12.7. The van der Waals surface area contributed by atoms with E-state index in [1.165, 1.54) is 5.56 Å². The fraction of sp³-hybridized carbons (Fsp3) is 0.529. The van der Waals surface area contributed by atoms with Crippen molar-refractivity contribution >= 4 is 11.8 Å². The number of amides is 2. The third kappa shape index (κ3) is 3.47. The summed E-state index contributed by atoms with van der Waals surface area (Å²) in [6.07, 6.45) is 2.75. The molecule has 0 aromatic heterocycles. The van der Waals surface area contributed by atoms with Crippen LogP contribution in [0.25, 0.3) is 0 Å². The van der Waals surface area contributed by atoms with E-state index in [2.05, 4.69) is 17.4 Å². The van der Waals surface area contributed by atoms with Crippen LogP contribution in [0.4, 0.5) is 0 Å². The van der Waals surface area contributed by atoms with Crippen molar-refractivity contribution in [2.24, 2.45) is 0 Å². The molecular formula is C17H22N2O3. The van der Waals surface area contributed by atoms with Crippen LogP contribution in [0.15, 0.2) is 30.3 Å². The summed E-state index contributed by atoms with van der Waals surface area (Å²) in [7, 11) is 0. The Balaban J connectivity index is 1.66. The summed E-state index contributed by atoms with van der Waals surface area (Å²) in [5, 5.41) is 2.78. The minimum atomic E-state index is -0.358. The first kappa shape index (κ1) is 15.0. The second kappa shape index (κ2) is 6.92. The lowest BCUT2D eigenvalue weighted by atomic mass is 10.1. The molecule has 0 saturated carbocycles. The van der Waals surface area contributed by atoms with Crippen molar-refractivity contribution in [3.63, 3.8) is 0 Å². The van der Waals surface area contributed by atoms with Gasteiger partial charge >= 0.3 is 0 Å². The number of carbonyl (C=O) groups is 2. The van der Waals surface area contributed by atoms with Gasteiger partial charge in [0.2, 0.25) is 11.8 Å². The maximum Gasteiger partial charge on any atom is 0.245 e. The van der Waals surface area contributed by atoms with Gasteiger partial charge in [0.1, 0.15) is 6.04 Å². The Labute approximate surface area is 130 Å². The highest BCUT2D eigenvalue weighted by Gasteiger charge is 2.35. The molecule has 2 saturated heterocycles. The van der Waals surface area contributed by atoms with E-state index in [0.717, 1.165) is 12.8 Å². The second-order valence-electron chi connectivity index (χ2n) is 5.94. The Morgan fingerprint density at radius 2 is 2.09 bits per heavy atom. The van der Waals surface area contributed by atoms with Crippen LogP contribution in [0, 0.1) is 0 Å². The van der Waals surface area contributed by atoms with Gasteiger partial charge in [-0.2, -0.15) is 0 Å². The zero-order chi connectivity index (χ0) is 15.4. The molecule has 1 unspecified atom stereocenters. The average molecular weight is 302 g/mol. The number of ether oxygens (including phenoxy) is 1. The highest BCUT2D eigenvalue weighted by Crippen LogP contribution is 2.18. The van der Waals surface area contributed by atoms with Gasteiger partial charge < -0.3 is 15.0 Å².